The van der Waals surface area contributed by atoms with Crippen LogP contribution in [0.15, 0.2) is 85.1 Å². The molecule has 9 heteroatoms. The number of rotatable bonds is 17. The second-order valence-corrected chi connectivity index (χ2v) is 11.4. The van der Waals surface area contributed by atoms with Crippen LogP contribution in [0.4, 0.5) is 5.69 Å². The fraction of sp³-hybridized carbons (Fsp3) is 0.450. The molecule has 2 aromatic carbocycles. The summed E-state index contributed by atoms with van der Waals surface area (Å²) >= 11 is 10.3. The predicted octanol–water partition coefficient (Wildman–Crippen LogP) is 9.74. The van der Waals surface area contributed by atoms with Crippen molar-refractivity contribution in [3.63, 3.8) is 0 Å². The fourth-order valence-corrected chi connectivity index (χ4v) is 4.01. The number of thiol groups is 1. The molecule has 49 heavy (non-hydrogen) atoms. The summed E-state index contributed by atoms with van der Waals surface area (Å²) in [5.74, 6) is 2.33. The molecule has 0 aliphatic rings. The average molecular weight is 736 g/mol. The molecule has 0 fully saturated rings. The third-order valence-electron chi connectivity index (χ3n) is 5.81. The van der Waals surface area contributed by atoms with Crippen LogP contribution in [0.1, 0.15) is 70.9 Å². The lowest BCUT2D eigenvalue weighted by Gasteiger charge is -2.14. The highest BCUT2D eigenvalue weighted by Crippen LogP contribution is 2.32. The smallest absolute Gasteiger partial charge is 0.129 e. The summed E-state index contributed by atoms with van der Waals surface area (Å²) < 4.78 is 0. The highest BCUT2D eigenvalue weighted by molar-refractivity contribution is 7.98. The van der Waals surface area contributed by atoms with Crippen molar-refractivity contribution in [3.8, 4) is 11.1 Å². The Morgan fingerprint density at radius 2 is 1.69 bits per heavy atom. The zero-order chi connectivity index (χ0) is 38.1. The van der Waals surface area contributed by atoms with Gasteiger partial charge in [-0.15, -0.1) is 11.6 Å². The molecule has 0 heterocycles. The number of ketones is 1. The van der Waals surface area contributed by atoms with Crippen LogP contribution in [0.2, 0.25) is 0 Å². The number of carbonyl (C=O) groups excluding carboxylic acids is 2. The average Bonchev–Trinajstić information content (AvgIpc) is 3.12. The molecular weight excluding hydrogens is 668 g/mol. The molecule has 0 bridgehead atoms. The number of Topliss-reactive ketones (excluding diaryl/α,β-unsaturated/α-hetero) is 1. The van der Waals surface area contributed by atoms with Gasteiger partial charge in [0.1, 0.15) is 12.1 Å². The molecule has 6 N–H and O–H groups in total. The molecule has 0 saturated carbocycles. The van der Waals surface area contributed by atoms with Crippen LogP contribution < -0.4 is 22.1 Å². The Hall–Kier alpha value is -2.75. The maximum absolute atomic E-state index is 11.0. The first-order chi connectivity index (χ1) is 23.8. The number of aryl methyl sites for hydroxylation is 1. The summed E-state index contributed by atoms with van der Waals surface area (Å²) in [4.78, 5) is 20.4. The van der Waals surface area contributed by atoms with E-state index in [4.69, 9.17) is 5.73 Å². The third kappa shape index (κ3) is 33.5. The van der Waals surface area contributed by atoms with E-state index in [1.807, 2.05) is 37.0 Å². The van der Waals surface area contributed by atoms with E-state index in [9.17, 15) is 9.59 Å². The van der Waals surface area contributed by atoms with Gasteiger partial charge in [0.05, 0.1) is 0 Å². The molecule has 6 nitrogen and oxygen atoms in total. The largest absolute Gasteiger partial charge is 0.391 e. The summed E-state index contributed by atoms with van der Waals surface area (Å²) in [5.41, 5.74) is 16.5. The van der Waals surface area contributed by atoms with Crippen molar-refractivity contribution in [2.75, 3.05) is 56.1 Å². The molecule has 2 rings (SSSR count). The lowest BCUT2D eigenvalue weighted by atomic mass is 9.96. The number of halogens is 1. The van der Waals surface area contributed by atoms with E-state index in [0.717, 1.165) is 54.8 Å². The summed E-state index contributed by atoms with van der Waals surface area (Å²) in [6.45, 7) is 16.2. The third-order valence-corrected chi connectivity index (χ3v) is 6.89. The number of nitrogens with one attached hydrogen (secondary N) is 2. The number of unbranched alkanes of at least 4 members (excludes halogenated alkanes) is 1. The van der Waals surface area contributed by atoms with E-state index >= 15 is 0 Å². The zero-order valence-electron chi connectivity index (χ0n) is 31.6. The van der Waals surface area contributed by atoms with Gasteiger partial charge in [-0.3, -0.25) is 0 Å². The first-order valence-electron chi connectivity index (χ1n) is 16.8. The Balaban J connectivity index is -0.000000465. The standard InChI is InChI=1S/C28H34N2O.C4H8O.C4H10S.C2H7NS.CH3Cl.CH5N/c1-5-10-24(18-20-29-19-9-12-23(4)31)14-15-25-16-17-28(30-6-2)27(21-25)26-13-8-7-11-22(26)3;1-2-3-4-5;1-3-4-5-2;3-1-2-4;2*1-2/h5,7-8,10-11,13-18,20-21,29-30H,1,6,9,12,19H2,2-4H3;4H,2-3H2,1H3;3-4H2,1-2H3;4H,1-3H2;1H3;2H2,1H3/b15-14+,20-18-,24-10-;;;;;. The highest BCUT2D eigenvalue weighted by atomic mass is 35.5. The Labute approximate surface area is 315 Å². The van der Waals surface area contributed by atoms with Crippen molar-refractivity contribution >= 4 is 59.8 Å². The van der Waals surface area contributed by atoms with Crippen molar-refractivity contribution in [2.24, 2.45) is 11.5 Å². The lowest BCUT2D eigenvalue weighted by molar-refractivity contribution is -0.117. The van der Waals surface area contributed by atoms with E-state index < -0.39 is 0 Å². The molecule has 0 atom stereocenters. The Morgan fingerprint density at radius 1 is 1.04 bits per heavy atom. The van der Waals surface area contributed by atoms with Crippen LogP contribution >= 0.6 is 36.0 Å². The molecule has 278 valence electrons. The normalized spacial score (nSPS) is 9.92. The molecule has 0 spiro atoms. The van der Waals surface area contributed by atoms with Crippen molar-refractivity contribution in [2.45, 2.75) is 66.7 Å². The van der Waals surface area contributed by atoms with Gasteiger partial charge in [0.2, 0.25) is 0 Å². The van der Waals surface area contributed by atoms with E-state index in [1.165, 1.54) is 42.3 Å². The molecule has 0 aliphatic carbocycles. The molecule has 0 saturated heterocycles. The monoisotopic (exact) mass is 734 g/mol. The van der Waals surface area contributed by atoms with Crippen LogP contribution in [0.3, 0.4) is 0 Å². The van der Waals surface area contributed by atoms with E-state index in [2.05, 4.69) is 129 Å². The zero-order valence-corrected chi connectivity index (χ0v) is 34.0. The summed E-state index contributed by atoms with van der Waals surface area (Å²) in [5, 5.41) is 6.71. The van der Waals surface area contributed by atoms with Crippen LogP contribution in [-0.2, 0) is 9.59 Å². The molecule has 0 radical (unpaired) electrons. The van der Waals surface area contributed by atoms with Gasteiger partial charge >= 0.3 is 0 Å². The summed E-state index contributed by atoms with van der Waals surface area (Å²) in [6, 6.07) is 15.0. The molecule has 0 amide bonds. The van der Waals surface area contributed by atoms with Gasteiger partial charge in [-0.1, -0.05) is 75.1 Å². The number of nitrogens with two attached hydrogens (primary N) is 2. The summed E-state index contributed by atoms with van der Waals surface area (Å²) in [7, 11) is 1.50. The van der Waals surface area contributed by atoms with Crippen LogP contribution in [-0.4, -0.2) is 62.9 Å². The highest BCUT2D eigenvalue weighted by Gasteiger charge is 2.07. The minimum atomic E-state index is 0.228. The number of carbonyl (C=O) groups is 2. The van der Waals surface area contributed by atoms with Gasteiger partial charge < -0.3 is 31.7 Å². The molecule has 0 unspecified atom stereocenters. The van der Waals surface area contributed by atoms with E-state index in [-0.39, 0.29) is 5.78 Å². The Kier molecular flexibility index (Phi) is 46.8. The Morgan fingerprint density at radius 3 is 2.14 bits per heavy atom. The van der Waals surface area contributed by atoms with Crippen molar-refractivity contribution < 1.29 is 9.59 Å². The molecule has 0 aromatic heterocycles. The topological polar surface area (TPSA) is 110 Å². The number of anilines is 1. The SMILES string of the molecule is C=C/C=C(\C=C/NCCCC(C)=O)/C=C/c1ccc(NCC)c(-c2ccccc2C)c1.CCCC=O.CCCSC.CCl.CN.NCCS. The predicted molar refractivity (Wildman–Crippen MR) is 230 cm³/mol. The minimum absolute atomic E-state index is 0.228. The van der Waals surface area contributed by atoms with Gasteiger partial charge in [-0.05, 0) is 106 Å². The van der Waals surface area contributed by atoms with Gasteiger partial charge in [-0.2, -0.15) is 24.4 Å². The molecule has 2 aromatic rings. The van der Waals surface area contributed by atoms with Crippen LogP contribution in [0.5, 0.6) is 0 Å². The van der Waals surface area contributed by atoms with Crippen molar-refractivity contribution in [3.05, 3.63) is 96.2 Å². The number of alkyl halides is 1. The van der Waals surface area contributed by atoms with Crippen molar-refractivity contribution in [1.29, 1.82) is 0 Å². The number of allylic oxidation sites excluding steroid dienone is 5. The quantitative estimate of drug-likeness (QED) is 0.0362. The second kappa shape index (κ2) is 43.3. The van der Waals surface area contributed by atoms with Gasteiger partial charge in [0, 0.05) is 55.9 Å². The maximum atomic E-state index is 11.0. The number of hydrogen-bond donors (Lipinski definition) is 5. The number of hydrogen-bond acceptors (Lipinski definition) is 8. The Bertz CT molecular complexity index is 1150. The maximum Gasteiger partial charge on any atom is 0.129 e. The first kappa shape index (κ1) is 53.1. The van der Waals surface area contributed by atoms with Crippen LogP contribution in [0, 0.1) is 6.92 Å². The van der Waals surface area contributed by atoms with E-state index in [0.29, 0.717) is 19.4 Å². The van der Waals surface area contributed by atoms with Crippen molar-refractivity contribution in [1.82, 2.24) is 5.32 Å². The molecular formula is C40H67ClN4O2S2. The number of aldehydes is 1. The lowest BCUT2D eigenvalue weighted by Crippen LogP contribution is -2.08. The van der Waals surface area contributed by atoms with Gasteiger partial charge in [0.25, 0.3) is 0 Å². The number of benzene rings is 2. The fourth-order valence-electron chi connectivity index (χ4n) is 3.60. The first-order valence-corrected chi connectivity index (χ1v) is 19.6. The number of thioether (sulfide) groups is 1. The van der Waals surface area contributed by atoms with E-state index in [1.54, 1.807) is 13.0 Å². The van der Waals surface area contributed by atoms with Gasteiger partial charge in [-0.25, -0.2) is 0 Å². The molecule has 0 aliphatic heterocycles. The minimum Gasteiger partial charge on any atom is -0.391 e. The van der Waals surface area contributed by atoms with Gasteiger partial charge in [0.15, 0.2) is 0 Å². The van der Waals surface area contributed by atoms with Crippen LogP contribution in [0.25, 0.3) is 17.2 Å². The second-order valence-electron chi connectivity index (χ2n) is 9.94. The summed E-state index contributed by atoms with van der Waals surface area (Å²) in [6.07, 6.45) is 20.9.